The number of alkyl carbamates (subject to hydrolysis) is 1. The van der Waals surface area contributed by atoms with Crippen LogP contribution in [0, 0.1) is 0 Å². The van der Waals surface area contributed by atoms with Crippen LogP contribution in [0.5, 0.6) is 5.88 Å². The highest BCUT2D eigenvalue weighted by Gasteiger charge is 2.40. The molecule has 25 heavy (non-hydrogen) atoms. The van der Waals surface area contributed by atoms with E-state index in [1.54, 1.807) is 20.8 Å². The summed E-state index contributed by atoms with van der Waals surface area (Å²) in [5, 5.41) is 11.6. The normalized spacial score (nSPS) is 20.0. The van der Waals surface area contributed by atoms with Gasteiger partial charge < -0.3 is 19.9 Å². The van der Waals surface area contributed by atoms with E-state index in [0.29, 0.717) is 18.4 Å². The molecule has 6 nitrogen and oxygen atoms in total. The van der Waals surface area contributed by atoms with Crippen molar-refractivity contribution in [3.63, 3.8) is 0 Å². The van der Waals surface area contributed by atoms with Crippen LogP contribution in [-0.4, -0.2) is 34.5 Å². The van der Waals surface area contributed by atoms with Crippen LogP contribution in [0.3, 0.4) is 0 Å². The third-order valence-electron chi connectivity index (χ3n) is 3.47. The highest BCUT2D eigenvalue weighted by Crippen LogP contribution is 2.39. The van der Waals surface area contributed by atoms with Gasteiger partial charge in [-0.15, -0.1) is 0 Å². The molecule has 0 aromatic carbocycles. The molecule has 0 saturated carbocycles. The smallest absolute Gasteiger partial charge is 0.433 e. The Labute approximate surface area is 143 Å². The number of nitrogens with one attached hydrogen (secondary N) is 1. The summed E-state index contributed by atoms with van der Waals surface area (Å²) >= 11 is 0. The molecule has 0 bridgehead atoms. The van der Waals surface area contributed by atoms with Gasteiger partial charge in [-0.2, -0.15) is 13.2 Å². The fourth-order valence-corrected chi connectivity index (χ4v) is 2.48. The highest BCUT2D eigenvalue weighted by atomic mass is 19.4. The molecule has 2 heterocycles. The monoisotopic (exact) mass is 362 g/mol. The van der Waals surface area contributed by atoms with Crippen molar-refractivity contribution >= 4 is 6.09 Å². The van der Waals surface area contributed by atoms with Crippen molar-refractivity contribution in [2.75, 3.05) is 6.61 Å². The van der Waals surface area contributed by atoms with Crippen molar-refractivity contribution in [3.05, 3.63) is 23.4 Å². The summed E-state index contributed by atoms with van der Waals surface area (Å²) in [7, 11) is 0. The van der Waals surface area contributed by atoms with E-state index in [0.717, 1.165) is 6.07 Å². The second-order valence-electron chi connectivity index (χ2n) is 6.73. The number of ether oxygens (including phenoxy) is 2. The number of carbonyl (C=O) groups excluding carboxylic acids is 1. The molecular weight excluding hydrogens is 341 g/mol. The molecule has 0 aliphatic carbocycles. The summed E-state index contributed by atoms with van der Waals surface area (Å²) < 4.78 is 49.1. The summed E-state index contributed by atoms with van der Waals surface area (Å²) in [6.07, 6.45) is -5.21. The van der Waals surface area contributed by atoms with Gasteiger partial charge in [0.05, 0.1) is 6.04 Å². The van der Waals surface area contributed by atoms with Gasteiger partial charge in [-0.1, -0.05) is 0 Å². The Balaban J connectivity index is 2.24. The number of aliphatic hydroxyl groups excluding tert-OH is 1. The van der Waals surface area contributed by atoms with E-state index in [9.17, 15) is 18.0 Å². The number of alkyl halides is 3. The van der Waals surface area contributed by atoms with Crippen LogP contribution in [-0.2, 0) is 10.9 Å². The molecule has 1 aromatic rings. The maximum atomic E-state index is 12.8. The Bertz CT molecular complexity index is 629. The minimum absolute atomic E-state index is 0.101. The number of aromatic nitrogens is 1. The Morgan fingerprint density at radius 1 is 1.36 bits per heavy atom. The van der Waals surface area contributed by atoms with Crippen molar-refractivity contribution in [1.82, 2.24) is 10.3 Å². The number of nitrogens with zero attached hydrogens (tertiary/aromatic N) is 1. The van der Waals surface area contributed by atoms with E-state index in [-0.39, 0.29) is 12.5 Å². The molecular formula is C16H21F3N2O4. The van der Waals surface area contributed by atoms with Crippen LogP contribution in [0.1, 0.15) is 50.9 Å². The largest absolute Gasteiger partial charge is 0.472 e. The SMILES string of the molecule is CC(C)(C)OC(=O)N[C@@H]1c2ccc(C(F)(F)F)nc2O[C@@H]1CCCO. The lowest BCUT2D eigenvalue weighted by molar-refractivity contribution is -0.141. The Kier molecular flexibility index (Phi) is 5.46. The third kappa shape index (κ3) is 4.97. The lowest BCUT2D eigenvalue weighted by Crippen LogP contribution is -2.39. The summed E-state index contributed by atoms with van der Waals surface area (Å²) in [6, 6.07) is 1.39. The van der Waals surface area contributed by atoms with E-state index < -0.39 is 35.7 Å². The van der Waals surface area contributed by atoms with Crippen LogP contribution in [0.15, 0.2) is 12.1 Å². The number of carbonyl (C=O) groups is 1. The minimum Gasteiger partial charge on any atom is -0.472 e. The van der Waals surface area contributed by atoms with Gasteiger partial charge in [0, 0.05) is 12.2 Å². The van der Waals surface area contributed by atoms with Gasteiger partial charge in [-0.05, 0) is 45.7 Å². The number of halogens is 3. The molecule has 0 radical (unpaired) electrons. The van der Waals surface area contributed by atoms with Crippen molar-refractivity contribution in [2.24, 2.45) is 0 Å². The van der Waals surface area contributed by atoms with Crippen molar-refractivity contribution < 1.29 is 32.5 Å². The molecule has 2 atom stereocenters. The molecule has 1 aliphatic heterocycles. The predicted octanol–water partition coefficient (Wildman–Crippen LogP) is 3.20. The zero-order valence-corrected chi connectivity index (χ0v) is 14.2. The predicted molar refractivity (Wildman–Crippen MR) is 82.1 cm³/mol. The van der Waals surface area contributed by atoms with Gasteiger partial charge >= 0.3 is 12.3 Å². The average Bonchev–Trinajstić information content (AvgIpc) is 2.79. The van der Waals surface area contributed by atoms with Crippen LogP contribution >= 0.6 is 0 Å². The quantitative estimate of drug-likeness (QED) is 0.860. The molecule has 1 aromatic heterocycles. The third-order valence-corrected chi connectivity index (χ3v) is 3.47. The van der Waals surface area contributed by atoms with Gasteiger partial charge in [0.1, 0.15) is 17.4 Å². The van der Waals surface area contributed by atoms with E-state index in [2.05, 4.69) is 10.3 Å². The maximum absolute atomic E-state index is 12.8. The van der Waals surface area contributed by atoms with Gasteiger partial charge in [-0.25, -0.2) is 9.78 Å². The standard InChI is InChI=1S/C16H21F3N2O4/c1-15(2,3)25-14(23)21-12-9-6-7-11(16(17,18)19)20-13(9)24-10(12)5-4-8-22/h6-7,10,12,22H,4-5,8H2,1-3H3,(H,21,23)/t10-,12-/m1/s1. The number of amides is 1. The molecule has 1 amide bonds. The zero-order valence-electron chi connectivity index (χ0n) is 14.2. The van der Waals surface area contributed by atoms with Crippen LogP contribution in [0.25, 0.3) is 0 Å². The molecule has 0 unspecified atom stereocenters. The second kappa shape index (κ2) is 7.07. The molecule has 0 spiro atoms. The lowest BCUT2D eigenvalue weighted by atomic mass is 10.0. The molecule has 0 fully saturated rings. The number of hydrogen-bond donors (Lipinski definition) is 2. The fraction of sp³-hybridized carbons (Fsp3) is 0.625. The first-order valence-corrected chi connectivity index (χ1v) is 7.86. The van der Waals surface area contributed by atoms with Crippen LogP contribution in [0.2, 0.25) is 0 Å². The molecule has 0 saturated heterocycles. The first kappa shape index (κ1) is 19.3. The summed E-state index contributed by atoms with van der Waals surface area (Å²) in [6.45, 7) is 5.00. The summed E-state index contributed by atoms with van der Waals surface area (Å²) in [4.78, 5) is 15.5. The summed E-state index contributed by atoms with van der Waals surface area (Å²) in [5.41, 5.74) is -1.43. The van der Waals surface area contributed by atoms with Gasteiger partial charge in [0.25, 0.3) is 0 Å². The molecule has 2 rings (SSSR count). The molecule has 1 aliphatic rings. The van der Waals surface area contributed by atoms with E-state index >= 15 is 0 Å². The molecule has 140 valence electrons. The van der Waals surface area contributed by atoms with Crippen LogP contribution < -0.4 is 10.1 Å². The molecule has 2 N–H and O–H groups in total. The Morgan fingerprint density at radius 3 is 2.60 bits per heavy atom. The fourth-order valence-electron chi connectivity index (χ4n) is 2.48. The minimum atomic E-state index is -4.59. The maximum Gasteiger partial charge on any atom is 0.433 e. The summed E-state index contributed by atoms with van der Waals surface area (Å²) in [5.74, 6) is -0.168. The Morgan fingerprint density at radius 2 is 2.04 bits per heavy atom. The van der Waals surface area contributed by atoms with Gasteiger partial charge in [-0.3, -0.25) is 0 Å². The number of aliphatic hydroxyl groups is 1. The van der Waals surface area contributed by atoms with Gasteiger partial charge in [0.2, 0.25) is 5.88 Å². The average molecular weight is 362 g/mol. The second-order valence-corrected chi connectivity index (χ2v) is 6.73. The van der Waals surface area contributed by atoms with E-state index in [4.69, 9.17) is 14.6 Å². The number of pyridine rings is 1. The lowest BCUT2D eigenvalue weighted by Gasteiger charge is -2.24. The van der Waals surface area contributed by atoms with Gasteiger partial charge in [0.15, 0.2) is 0 Å². The zero-order chi connectivity index (χ0) is 18.8. The van der Waals surface area contributed by atoms with E-state index in [1.807, 2.05) is 0 Å². The number of fused-ring (bicyclic) bond motifs is 1. The first-order valence-electron chi connectivity index (χ1n) is 7.86. The Hall–Kier alpha value is -2.03. The number of hydrogen-bond acceptors (Lipinski definition) is 5. The van der Waals surface area contributed by atoms with E-state index in [1.165, 1.54) is 6.07 Å². The highest BCUT2D eigenvalue weighted by molar-refractivity contribution is 5.69. The van der Waals surface area contributed by atoms with Crippen molar-refractivity contribution in [1.29, 1.82) is 0 Å². The molecule has 9 heteroatoms. The van der Waals surface area contributed by atoms with Crippen molar-refractivity contribution in [2.45, 2.75) is 57.5 Å². The van der Waals surface area contributed by atoms with Crippen LogP contribution in [0.4, 0.5) is 18.0 Å². The first-order chi connectivity index (χ1) is 11.5. The van der Waals surface area contributed by atoms with Crippen molar-refractivity contribution in [3.8, 4) is 5.88 Å². The topological polar surface area (TPSA) is 80.7 Å². The number of rotatable bonds is 4.